The van der Waals surface area contributed by atoms with Gasteiger partial charge in [-0.05, 0) is 42.9 Å². The number of carboxylic acid groups (broad SMARTS) is 1. The zero-order valence-electron chi connectivity index (χ0n) is 11.5. The summed E-state index contributed by atoms with van der Waals surface area (Å²) in [6, 6.07) is 7.47. The van der Waals surface area contributed by atoms with Crippen LogP contribution in [-0.4, -0.2) is 17.2 Å². The fourth-order valence-corrected chi connectivity index (χ4v) is 2.82. The molecule has 104 valence electrons. The minimum atomic E-state index is -0.805. The van der Waals surface area contributed by atoms with Gasteiger partial charge in [0.05, 0.1) is 12.5 Å². The zero-order chi connectivity index (χ0) is 13.7. The molecule has 1 saturated carbocycles. The lowest BCUT2D eigenvalue weighted by atomic mass is 9.85. The molecule has 0 spiro atoms. The number of benzene rings is 1. The summed E-state index contributed by atoms with van der Waals surface area (Å²) in [5.74, 6) is 0.780. The third kappa shape index (κ3) is 4.27. The van der Waals surface area contributed by atoms with Crippen molar-refractivity contribution in [3.8, 4) is 5.75 Å². The molecule has 2 rings (SSSR count). The van der Waals surface area contributed by atoms with Gasteiger partial charge in [0.2, 0.25) is 0 Å². The molecule has 0 bridgehead atoms. The molecule has 1 fully saturated rings. The highest BCUT2D eigenvalue weighted by Crippen LogP contribution is 2.29. The van der Waals surface area contributed by atoms with E-state index >= 15 is 0 Å². The smallest absolute Gasteiger partial charge is 0.307 e. The fraction of sp³-hybridized carbons (Fsp3) is 0.562. The second kappa shape index (κ2) is 6.60. The molecule has 3 nitrogen and oxygen atoms in total. The lowest BCUT2D eigenvalue weighted by Crippen LogP contribution is -2.25. The molecule has 0 amide bonds. The van der Waals surface area contributed by atoms with Crippen LogP contribution in [0.4, 0.5) is 0 Å². The first kappa shape index (κ1) is 13.9. The highest BCUT2D eigenvalue weighted by atomic mass is 16.5. The summed E-state index contributed by atoms with van der Waals surface area (Å²) in [5.41, 5.74) is 0.799. The van der Waals surface area contributed by atoms with Gasteiger partial charge in [-0.3, -0.25) is 4.79 Å². The van der Waals surface area contributed by atoms with Crippen LogP contribution in [0.3, 0.4) is 0 Å². The first-order valence-electron chi connectivity index (χ1n) is 7.14. The minimum absolute atomic E-state index is 0.0550. The maximum atomic E-state index is 10.7. The molecule has 2 atom stereocenters. The van der Waals surface area contributed by atoms with E-state index in [2.05, 4.69) is 6.92 Å². The van der Waals surface area contributed by atoms with Gasteiger partial charge in [-0.25, -0.2) is 0 Å². The van der Waals surface area contributed by atoms with E-state index in [4.69, 9.17) is 9.84 Å². The Morgan fingerprint density at radius 2 is 2.26 bits per heavy atom. The van der Waals surface area contributed by atoms with Crippen LogP contribution < -0.4 is 4.74 Å². The second-order valence-corrected chi connectivity index (χ2v) is 5.40. The molecule has 19 heavy (non-hydrogen) atoms. The van der Waals surface area contributed by atoms with Crippen molar-refractivity contribution in [3.63, 3.8) is 0 Å². The Hall–Kier alpha value is -1.51. The summed E-state index contributed by atoms with van der Waals surface area (Å²) in [7, 11) is 0. The van der Waals surface area contributed by atoms with Crippen LogP contribution in [0.15, 0.2) is 24.3 Å². The van der Waals surface area contributed by atoms with Gasteiger partial charge in [-0.1, -0.05) is 31.9 Å². The second-order valence-electron chi connectivity index (χ2n) is 5.40. The van der Waals surface area contributed by atoms with Gasteiger partial charge in [0.1, 0.15) is 5.75 Å². The fourth-order valence-electron chi connectivity index (χ4n) is 2.82. The Bertz CT molecular complexity index is 428. The molecule has 0 heterocycles. The van der Waals surface area contributed by atoms with Gasteiger partial charge < -0.3 is 9.84 Å². The Kier molecular flexibility index (Phi) is 4.83. The molecule has 2 unspecified atom stereocenters. The average Bonchev–Trinajstić information content (AvgIpc) is 2.38. The summed E-state index contributed by atoms with van der Waals surface area (Å²) < 4.78 is 6.02. The van der Waals surface area contributed by atoms with Crippen LogP contribution in [-0.2, 0) is 11.2 Å². The number of ether oxygens (including phenoxy) is 1. The monoisotopic (exact) mass is 262 g/mol. The van der Waals surface area contributed by atoms with E-state index in [0.717, 1.165) is 30.1 Å². The lowest BCUT2D eigenvalue weighted by molar-refractivity contribution is -0.136. The third-order valence-electron chi connectivity index (χ3n) is 3.87. The van der Waals surface area contributed by atoms with Gasteiger partial charge in [0, 0.05) is 0 Å². The van der Waals surface area contributed by atoms with E-state index < -0.39 is 5.97 Å². The maximum absolute atomic E-state index is 10.7. The van der Waals surface area contributed by atoms with Crippen LogP contribution >= 0.6 is 0 Å². The third-order valence-corrected chi connectivity index (χ3v) is 3.87. The molecule has 1 aliphatic rings. The van der Waals surface area contributed by atoms with Crippen molar-refractivity contribution >= 4 is 5.97 Å². The van der Waals surface area contributed by atoms with E-state index in [-0.39, 0.29) is 6.42 Å². The average molecular weight is 262 g/mol. The molecule has 1 aliphatic carbocycles. The largest absolute Gasteiger partial charge is 0.490 e. The Morgan fingerprint density at radius 1 is 1.42 bits per heavy atom. The number of hydrogen-bond donors (Lipinski definition) is 1. The summed E-state index contributed by atoms with van der Waals surface area (Å²) >= 11 is 0. The van der Waals surface area contributed by atoms with Crippen molar-refractivity contribution in [1.82, 2.24) is 0 Å². The van der Waals surface area contributed by atoms with Gasteiger partial charge in [-0.2, -0.15) is 0 Å². The van der Waals surface area contributed by atoms with E-state index in [1.54, 1.807) is 0 Å². The van der Waals surface area contributed by atoms with Gasteiger partial charge in [0.15, 0.2) is 0 Å². The predicted octanol–water partition coefficient (Wildman–Crippen LogP) is 3.66. The van der Waals surface area contributed by atoms with Gasteiger partial charge in [-0.15, -0.1) is 0 Å². The number of carbonyl (C=O) groups is 1. The molecular weight excluding hydrogens is 240 g/mol. The van der Waals surface area contributed by atoms with E-state index in [0.29, 0.717) is 6.10 Å². The molecule has 0 saturated heterocycles. The first-order valence-corrected chi connectivity index (χ1v) is 7.14. The van der Waals surface area contributed by atoms with Crippen molar-refractivity contribution in [3.05, 3.63) is 29.8 Å². The highest BCUT2D eigenvalue weighted by molar-refractivity contribution is 5.70. The van der Waals surface area contributed by atoms with E-state index in [1.807, 2.05) is 24.3 Å². The summed E-state index contributed by atoms with van der Waals surface area (Å²) in [6.45, 7) is 2.24. The Labute approximate surface area is 114 Å². The zero-order valence-corrected chi connectivity index (χ0v) is 11.5. The summed E-state index contributed by atoms with van der Waals surface area (Å²) in [4.78, 5) is 10.7. The van der Waals surface area contributed by atoms with Crippen LogP contribution in [0.2, 0.25) is 0 Å². The molecule has 1 N–H and O–H groups in total. The summed E-state index contributed by atoms with van der Waals surface area (Å²) in [5, 5.41) is 8.81. The number of carboxylic acids is 1. The van der Waals surface area contributed by atoms with Crippen molar-refractivity contribution in [2.75, 3.05) is 0 Å². The van der Waals surface area contributed by atoms with Gasteiger partial charge >= 0.3 is 5.97 Å². The number of rotatable bonds is 5. The standard InChI is InChI=1S/C16H22O3/c1-2-12-5-3-7-14(9-12)19-15-8-4-6-13(10-15)11-16(17)18/h4,6,8,10,12,14H,2-3,5,7,9,11H2,1H3,(H,17,18). The van der Waals surface area contributed by atoms with E-state index in [9.17, 15) is 4.79 Å². The van der Waals surface area contributed by atoms with Gasteiger partial charge in [0.25, 0.3) is 0 Å². The molecule has 1 aromatic rings. The van der Waals surface area contributed by atoms with Crippen molar-refractivity contribution in [1.29, 1.82) is 0 Å². The normalized spacial score (nSPS) is 23.0. The predicted molar refractivity (Wildman–Crippen MR) is 74.4 cm³/mol. The molecule has 0 radical (unpaired) electrons. The molecule has 3 heteroatoms. The van der Waals surface area contributed by atoms with Crippen LogP contribution in [0.5, 0.6) is 5.75 Å². The van der Waals surface area contributed by atoms with Crippen molar-refractivity contribution in [2.45, 2.75) is 51.6 Å². The summed E-state index contributed by atoms with van der Waals surface area (Å²) in [6.07, 6.45) is 6.35. The minimum Gasteiger partial charge on any atom is -0.490 e. The first-order chi connectivity index (χ1) is 9.17. The molecule has 0 aliphatic heterocycles. The Morgan fingerprint density at radius 3 is 3.00 bits per heavy atom. The Balaban J connectivity index is 1.96. The highest BCUT2D eigenvalue weighted by Gasteiger charge is 2.22. The van der Waals surface area contributed by atoms with E-state index in [1.165, 1.54) is 19.3 Å². The number of hydrogen-bond acceptors (Lipinski definition) is 2. The molecule has 0 aromatic heterocycles. The topological polar surface area (TPSA) is 46.5 Å². The van der Waals surface area contributed by atoms with Crippen LogP contribution in [0.1, 0.15) is 44.6 Å². The van der Waals surface area contributed by atoms with Crippen LogP contribution in [0, 0.1) is 5.92 Å². The maximum Gasteiger partial charge on any atom is 0.307 e. The quantitative estimate of drug-likeness (QED) is 0.880. The van der Waals surface area contributed by atoms with Crippen LogP contribution in [0.25, 0.3) is 0 Å². The number of aliphatic carboxylic acids is 1. The SMILES string of the molecule is CCC1CCCC(Oc2cccc(CC(=O)O)c2)C1. The van der Waals surface area contributed by atoms with Crippen molar-refractivity contribution in [2.24, 2.45) is 5.92 Å². The lowest BCUT2D eigenvalue weighted by Gasteiger charge is -2.29. The molecule has 1 aromatic carbocycles. The molecular formula is C16H22O3. The van der Waals surface area contributed by atoms with Crippen molar-refractivity contribution < 1.29 is 14.6 Å².